The van der Waals surface area contributed by atoms with Crippen molar-refractivity contribution < 1.29 is 8.42 Å². The molecule has 0 radical (unpaired) electrons. The van der Waals surface area contributed by atoms with Gasteiger partial charge in [-0.3, -0.25) is 0 Å². The van der Waals surface area contributed by atoms with Crippen LogP contribution >= 0.6 is 0 Å². The molecule has 0 aromatic heterocycles. The van der Waals surface area contributed by atoms with Crippen LogP contribution in [0.25, 0.3) is 0 Å². The molecule has 0 amide bonds. The first kappa shape index (κ1) is 14.5. The number of nitrogens with one attached hydrogen (secondary N) is 1. The predicted molar refractivity (Wildman–Crippen MR) is 77.7 cm³/mol. The first-order chi connectivity index (χ1) is 9.02. The van der Waals surface area contributed by atoms with Crippen LogP contribution in [0.15, 0.2) is 24.3 Å². The smallest absolute Gasteiger partial charge is 0.211 e. The first-order valence-corrected chi connectivity index (χ1v) is 8.41. The summed E-state index contributed by atoms with van der Waals surface area (Å²) in [6.45, 7) is 2.89. The van der Waals surface area contributed by atoms with Gasteiger partial charge in [-0.05, 0) is 37.9 Å². The van der Waals surface area contributed by atoms with Crippen LogP contribution in [0.5, 0.6) is 0 Å². The molecule has 0 saturated heterocycles. The molecule has 1 aromatic rings. The van der Waals surface area contributed by atoms with E-state index in [4.69, 9.17) is 0 Å². The fourth-order valence-electron chi connectivity index (χ4n) is 2.51. The molecule has 0 saturated carbocycles. The molecule has 0 fully saturated rings. The summed E-state index contributed by atoms with van der Waals surface area (Å²) >= 11 is 0. The van der Waals surface area contributed by atoms with Gasteiger partial charge in [0, 0.05) is 19.1 Å². The van der Waals surface area contributed by atoms with Crippen LogP contribution in [0, 0.1) is 0 Å². The van der Waals surface area contributed by atoms with E-state index in [1.54, 1.807) is 6.92 Å². The van der Waals surface area contributed by atoms with Crippen molar-refractivity contribution in [3.8, 4) is 0 Å². The van der Waals surface area contributed by atoms with E-state index in [0.717, 1.165) is 19.4 Å². The molecule has 0 heterocycles. The van der Waals surface area contributed by atoms with Crippen LogP contribution in [0.4, 0.5) is 0 Å². The second-order valence-corrected chi connectivity index (χ2v) is 7.20. The van der Waals surface area contributed by atoms with Crippen molar-refractivity contribution in [3.05, 3.63) is 35.4 Å². The van der Waals surface area contributed by atoms with Crippen molar-refractivity contribution >= 4 is 10.0 Å². The number of benzene rings is 1. The van der Waals surface area contributed by atoms with E-state index in [0.29, 0.717) is 12.6 Å². The minimum absolute atomic E-state index is 0.144. The van der Waals surface area contributed by atoms with Gasteiger partial charge in [0.2, 0.25) is 10.0 Å². The summed E-state index contributed by atoms with van der Waals surface area (Å²) in [6, 6.07) is 9.02. The summed E-state index contributed by atoms with van der Waals surface area (Å²) in [5.74, 6) is 0.144. The third kappa shape index (κ3) is 3.78. The van der Waals surface area contributed by atoms with E-state index in [9.17, 15) is 8.42 Å². The molecule has 0 atom stereocenters. The van der Waals surface area contributed by atoms with Gasteiger partial charge in [-0.15, -0.1) is 0 Å². The normalized spacial score (nSPS) is 15.9. The fourth-order valence-corrected chi connectivity index (χ4v) is 3.12. The SMILES string of the molecule is CCS(=O)(=O)NCCN(C)C1Cc2ccccc2C1. The number of fused-ring (bicyclic) bond motifs is 1. The molecule has 19 heavy (non-hydrogen) atoms. The van der Waals surface area contributed by atoms with Crippen LogP contribution in [0.1, 0.15) is 18.1 Å². The number of hydrogen-bond acceptors (Lipinski definition) is 3. The summed E-state index contributed by atoms with van der Waals surface area (Å²) in [5, 5.41) is 0. The first-order valence-electron chi connectivity index (χ1n) is 6.76. The average Bonchev–Trinajstić information content (AvgIpc) is 2.82. The Labute approximate surface area is 115 Å². The molecule has 2 rings (SSSR count). The molecule has 5 heteroatoms. The van der Waals surface area contributed by atoms with Crippen LogP contribution in [0.3, 0.4) is 0 Å². The van der Waals surface area contributed by atoms with E-state index in [1.807, 2.05) is 0 Å². The maximum atomic E-state index is 11.4. The maximum absolute atomic E-state index is 11.4. The Morgan fingerprint density at radius 2 is 1.84 bits per heavy atom. The molecule has 1 N–H and O–H groups in total. The summed E-state index contributed by atoms with van der Waals surface area (Å²) in [5.41, 5.74) is 2.85. The third-order valence-electron chi connectivity index (χ3n) is 3.82. The van der Waals surface area contributed by atoms with Gasteiger partial charge in [0.25, 0.3) is 0 Å². The molecule has 1 aromatic carbocycles. The average molecular weight is 282 g/mol. The standard InChI is InChI=1S/C14H22N2O2S/c1-3-19(17,18)15-8-9-16(2)14-10-12-6-4-5-7-13(12)11-14/h4-7,14-15H,3,8-11H2,1-2H3. The van der Waals surface area contributed by atoms with Gasteiger partial charge in [-0.25, -0.2) is 13.1 Å². The second kappa shape index (κ2) is 6.03. The van der Waals surface area contributed by atoms with E-state index in [-0.39, 0.29) is 5.75 Å². The van der Waals surface area contributed by atoms with E-state index < -0.39 is 10.0 Å². The second-order valence-electron chi connectivity index (χ2n) is 5.11. The Kier molecular flexibility index (Phi) is 4.60. The minimum atomic E-state index is -3.07. The van der Waals surface area contributed by atoms with Crippen LogP contribution < -0.4 is 4.72 Å². The Bertz CT molecular complexity index is 503. The van der Waals surface area contributed by atoms with E-state index in [1.165, 1.54) is 11.1 Å². The highest BCUT2D eigenvalue weighted by atomic mass is 32.2. The molecule has 4 nitrogen and oxygen atoms in total. The Morgan fingerprint density at radius 1 is 1.26 bits per heavy atom. The number of likely N-dealkylation sites (N-methyl/N-ethyl adjacent to an activating group) is 1. The maximum Gasteiger partial charge on any atom is 0.211 e. The summed E-state index contributed by atoms with van der Waals surface area (Å²) < 4.78 is 25.3. The lowest BCUT2D eigenvalue weighted by atomic mass is 10.1. The van der Waals surface area contributed by atoms with Gasteiger partial charge in [-0.2, -0.15) is 0 Å². The molecular formula is C14H22N2O2S. The molecule has 0 unspecified atom stereocenters. The van der Waals surface area contributed by atoms with Gasteiger partial charge in [0.1, 0.15) is 0 Å². The monoisotopic (exact) mass is 282 g/mol. The molecule has 0 aliphatic heterocycles. The Balaban J connectivity index is 1.82. The number of sulfonamides is 1. The van der Waals surface area contributed by atoms with Crippen LogP contribution in [0.2, 0.25) is 0 Å². The van der Waals surface area contributed by atoms with Crippen molar-refractivity contribution in [2.75, 3.05) is 25.9 Å². The zero-order valence-corrected chi connectivity index (χ0v) is 12.4. The lowest BCUT2D eigenvalue weighted by Gasteiger charge is -2.24. The van der Waals surface area contributed by atoms with Gasteiger partial charge >= 0.3 is 0 Å². The van der Waals surface area contributed by atoms with Crippen molar-refractivity contribution in [2.24, 2.45) is 0 Å². The van der Waals surface area contributed by atoms with Crippen molar-refractivity contribution in [1.29, 1.82) is 0 Å². The molecule has 106 valence electrons. The Morgan fingerprint density at radius 3 is 2.37 bits per heavy atom. The molecule has 0 bridgehead atoms. The van der Waals surface area contributed by atoms with Crippen molar-refractivity contribution in [1.82, 2.24) is 9.62 Å². The minimum Gasteiger partial charge on any atom is -0.301 e. The Hall–Kier alpha value is -0.910. The van der Waals surface area contributed by atoms with Crippen LogP contribution in [-0.2, 0) is 22.9 Å². The lowest BCUT2D eigenvalue weighted by molar-refractivity contribution is 0.253. The molecule has 0 spiro atoms. The van der Waals surface area contributed by atoms with Gasteiger partial charge in [0.05, 0.1) is 5.75 Å². The zero-order valence-electron chi connectivity index (χ0n) is 11.6. The molecular weight excluding hydrogens is 260 g/mol. The topological polar surface area (TPSA) is 49.4 Å². The quantitative estimate of drug-likeness (QED) is 0.847. The fraction of sp³-hybridized carbons (Fsp3) is 0.571. The zero-order chi connectivity index (χ0) is 13.9. The largest absolute Gasteiger partial charge is 0.301 e. The summed E-state index contributed by atoms with van der Waals surface area (Å²) in [7, 11) is -1.00. The van der Waals surface area contributed by atoms with Crippen molar-refractivity contribution in [2.45, 2.75) is 25.8 Å². The summed E-state index contributed by atoms with van der Waals surface area (Å²) in [6.07, 6.45) is 2.13. The predicted octanol–water partition coefficient (Wildman–Crippen LogP) is 1.02. The van der Waals surface area contributed by atoms with E-state index in [2.05, 4.69) is 40.9 Å². The highest BCUT2D eigenvalue weighted by Crippen LogP contribution is 2.24. The van der Waals surface area contributed by atoms with Gasteiger partial charge in [-0.1, -0.05) is 24.3 Å². The number of hydrogen-bond donors (Lipinski definition) is 1. The highest BCUT2D eigenvalue weighted by molar-refractivity contribution is 7.89. The molecule has 1 aliphatic rings. The van der Waals surface area contributed by atoms with Gasteiger partial charge in [0.15, 0.2) is 0 Å². The molecule has 1 aliphatic carbocycles. The van der Waals surface area contributed by atoms with Gasteiger partial charge < -0.3 is 4.90 Å². The van der Waals surface area contributed by atoms with E-state index >= 15 is 0 Å². The lowest BCUT2D eigenvalue weighted by Crippen LogP contribution is -2.39. The number of nitrogens with zero attached hydrogens (tertiary/aromatic N) is 1. The summed E-state index contributed by atoms with van der Waals surface area (Å²) in [4.78, 5) is 2.25. The van der Waals surface area contributed by atoms with Crippen LogP contribution in [-0.4, -0.2) is 45.2 Å². The third-order valence-corrected chi connectivity index (χ3v) is 5.22. The number of rotatable bonds is 6. The highest BCUT2D eigenvalue weighted by Gasteiger charge is 2.24. The van der Waals surface area contributed by atoms with Crippen molar-refractivity contribution in [3.63, 3.8) is 0 Å².